The van der Waals surface area contributed by atoms with Gasteiger partial charge in [-0.1, -0.05) is 6.92 Å². The van der Waals surface area contributed by atoms with E-state index in [2.05, 4.69) is 31.8 Å². The molecule has 1 aliphatic heterocycles. The molecule has 0 aliphatic carbocycles. The monoisotopic (exact) mass is 231 g/mol. The molecular formula is C12H17N5. The van der Waals surface area contributed by atoms with Crippen LogP contribution in [0.2, 0.25) is 0 Å². The summed E-state index contributed by atoms with van der Waals surface area (Å²) < 4.78 is 2.08. The van der Waals surface area contributed by atoms with Crippen molar-refractivity contribution in [2.75, 3.05) is 13.1 Å². The molecular weight excluding hydrogens is 214 g/mol. The van der Waals surface area contributed by atoms with Gasteiger partial charge in [0.2, 0.25) is 0 Å². The second-order valence-electron chi connectivity index (χ2n) is 4.94. The maximum absolute atomic E-state index is 4.49. The van der Waals surface area contributed by atoms with Gasteiger partial charge in [-0.25, -0.2) is 4.98 Å². The molecule has 17 heavy (non-hydrogen) atoms. The molecule has 2 atom stereocenters. The minimum Gasteiger partial charge on any atom is -0.316 e. The Hall–Kier alpha value is -1.49. The largest absolute Gasteiger partial charge is 0.316 e. The highest BCUT2D eigenvalue weighted by Gasteiger charge is 2.29. The van der Waals surface area contributed by atoms with Crippen LogP contribution in [0.15, 0.2) is 6.07 Å². The highest BCUT2D eigenvalue weighted by molar-refractivity contribution is 5.40. The molecule has 2 aromatic rings. The summed E-state index contributed by atoms with van der Waals surface area (Å²) in [7, 11) is 0. The van der Waals surface area contributed by atoms with E-state index in [1.807, 2.05) is 19.9 Å². The Morgan fingerprint density at radius 1 is 1.29 bits per heavy atom. The fraction of sp³-hybridized carbons (Fsp3) is 0.583. The lowest BCUT2D eigenvalue weighted by Crippen LogP contribution is -2.13. The molecule has 0 bridgehead atoms. The molecule has 1 N–H and O–H groups in total. The number of hydrogen-bond donors (Lipinski definition) is 1. The van der Waals surface area contributed by atoms with Crippen molar-refractivity contribution in [1.82, 2.24) is 24.9 Å². The predicted molar refractivity (Wildman–Crippen MR) is 65.0 cm³/mol. The molecule has 90 valence electrons. The lowest BCUT2D eigenvalue weighted by Gasteiger charge is -2.13. The molecule has 3 heterocycles. The van der Waals surface area contributed by atoms with Gasteiger partial charge >= 0.3 is 0 Å². The Kier molecular flexibility index (Phi) is 2.36. The summed E-state index contributed by atoms with van der Waals surface area (Å²) in [4.78, 5) is 4.49. The topological polar surface area (TPSA) is 55.1 Å². The summed E-state index contributed by atoms with van der Waals surface area (Å²) in [5.74, 6) is 3.05. The number of fused-ring (bicyclic) bond motifs is 1. The number of nitrogens with one attached hydrogen (secondary N) is 1. The van der Waals surface area contributed by atoms with Crippen LogP contribution in [0.3, 0.4) is 0 Å². The average Bonchev–Trinajstić information content (AvgIpc) is 2.83. The SMILES string of the molecule is Cc1cc2nnc([C@@H]3CNC[C@H]3C)n2c(C)n1. The zero-order valence-electron chi connectivity index (χ0n) is 10.4. The van der Waals surface area contributed by atoms with Crippen LogP contribution < -0.4 is 5.32 Å². The van der Waals surface area contributed by atoms with E-state index in [4.69, 9.17) is 0 Å². The number of hydrogen-bond acceptors (Lipinski definition) is 4. The Labute approximate surface area is 100 Å². The first-order valence-corrected chi connectivity index (χ1v) is 6.07. The third kappa shape index (κ3) is 1.61. The van der Waals surface area contributed by atoms with Gasteiger partial charge in [0, 0.05) is 24.2 Å². The van der Waals surface area contributed by atoms with Crippen LogP contribution >= 0.6 is 0 Å². The molecule has 1 fully saturated rings. The molecule has 0 amide bonds. The maximum atomic E-state index is 4.49. The van der Waals surface area contributed by atoms with Gasteiger partial charge in [-0.3, -0.25) is 4.40 Å². The van der Waals surface area contributed by atoms with Crippen molar-refractivity contribution in [1.29, 1.82) is 0 Å². The van der Waals surface area contributed by atoms with Gasteiger partial charge in [0.25, 0.3) is 0 Å². The molecule has 0 radical (unpaired) electrons. The second-order valence-corrected chi connectivity index (χ2v) is 4.94. The smallest absolute Gasteiger partial charge is 0.164 e. The van der Waals surface area contributed by atoms with Gasteiger partial charge in [-0.15, -0.1) is 10.2 Å². The fourth-order valence-electron chi connectivity index (χ4n) is 2.65. The lowest BCUT2D eigenvalue weighted by molar-refractivity contribution is 0.539. The molecule has 0 saturated carbocycles. The zero-order valence-corrected chi connectivity index (χ0v) is 10.4. The normalized spacial score (nSPS) is 24.6. The van der Waals surface area contributed by atoms with Crippen molar-refractivity contribution in [3.8, 4) is 0 Å². The fourth-order valence-corrected chi connectivity index (χ4v) is 2.65. The number of aromatic nitrogens is 4. The van der Waals surface area contributed by atoms with E-state index in [9.17, 15) is 0 Å². The van der Waals surface area contributed by atoms with Gasteiger partial charge in [0.05, 0.1) is 0 Å². The zero-order chi connectivity index (χ0) is 12.0. The molecule has 0 unspecified atom stereocenters. The van der Waals surface area contributed by atoms with Gasteiger partial charge in [-0.05, 0) is 26.3 Å². The predicted octanol–water partition coefficient (Wildman–Crippen LogP) is 1.06. The van der Waals surface area contributed by atoms with E-state index in [1.54, 1.807) is 0 Å². The Balaban J connectivity index is 2.17. The van der Waals surface area contributed by atoms with Crippen LogP contribution in [-0.2, 0) is 0 Å². The Morgan fingerprint density at radius 2 is 2.12 bits per heavy atom. The summed E-state index contributed by atoms with van der Waals surface area (Å²) in [5, 5.41) is 12.0. The molecule has 1 aliphatic rings. The molecule has 0 aromatic carbocycles. The van der Waals surface area contributed by atoms with Crippen LogP contribution in [0.4, 0.5) is 0 Å². The van der Waals surface area contributed by atoms with Crippen molar-refractivity contribution in [3.63, 3.8) is 0 Å². The van der Waals surface area contributed by atoms with Gasteiger partial charge < -0.3 is 5.32 Å². The van der Waals surface area contributed by atoms with Crippen LogP contribution in [0.5, 0.6) is 0 Å². The number of rotatable bonds is 1. The summed E-state index contributed by atoms with van der Waals surface area (Å²) in [6, 6.07) is 1.98. The van der Waals surface area contributed by atoms with Crippen LogP contribution in [0.25, 0.3) is 5.65 Å². The standard InChI is InChI=1S/C12H17N5/c1-7-5-13-6-10(7)12-16-15-11-4-8(2)14-9(3)17(11)12/h4,7,10,13H,5-6H2,1-3H3/t7-,10-/m1/s1. The van der Waals surface area contributed by atoms with Gasteiger partial charge in [0.1, 0.15) is 11.6 Å². The maximum Gasteiger partial charge on any atom is 0.164 e. The van der Waals surface area contributed by atoms with Crippen molar-refractivity contribution in [2.45, 2.75) is 26.7 Å². The van der Waals surface area contributed by atoms with Gasteiger partial charge in [-0.2, -0.15) is 0 Å². The second kappa shape index (κ2) is 3.77. The van der Waals surface area contributed by atoms with Crippen LogP contribution in [0, 0.1) is 19.8 Å². The third-order valence-corrected chi connectivity index (χ3v) is 3.56. The van der Waals surface area contributed by atoms with E-state index in [0.717, 1.165) is 36.1 Å². The number of nitrogens with zero attached hydrogens (tertiary/aromatic N) is 4. The third-order valence-electron chi connectivity index (χ3n) is 3.56. The average molecular weight is 231 g/mol. The molecule has 5 nitrogen and oxygen atoms in total. The Bertz CT molecular complexity index is 559. The Morgan fingerprint density at radius 3 is 2.82 bits per heavy atom. The first-order chi connectivity index (χ1) is 8.16. The van der Waals surface area contributed by atoms with E-state index >= 15 is 0 Å². The quantitative estimate of drug-likeness (QED) is 0.797. The summed E-state index contributed by atoms with van der Waals surface area (Å²) >= 11 is 0. The summed E-state index contributed by atoms with van der Waals surface area (Å²) in [6.45, 7) is 8.29. The minimum atomic E-state index is 0.438. The van der Waals surface area contributed by atoms with Crippen molar-refractivity contribution in [3.05, 3.63) is 23.4 Å². The van der Waals surface area contributed by atoms with E-state index in [0.29, 0.717) is 11.8 Å². The first-order valence-electron chi connectivity index (χ1n) is 6.07. The summed E-state index contributed by atoms with van der Waals surface area (Å²) in [6.07, 6.45) is 0. The summed E-state index contributed by atoms with van der Waals surface area (Å²) in [5.41, 5.74) is 1.90. The molecule has 0 spiro atoms. The molecule has 2 aromatic heterocycles. The first kappa shape index (κ1) is 10.7. The lowest BCUT2D eigenvalue weighted by atomic mass is 9.97. The van der Waals surface area contributed by atoms with E-state index < -0.39 is 0 Å². The van der Waals surface area contributed by atoms with E-state index in [-0.39, 0.29) is 0 Å². The molecule has 5 heteroatoms. The van der Waals surface area contributed by atoms with Crippen molar-refractivity contribution < 1.29 is 0 Å². The highest BCUT2D eigenvalue weighted by Crippen LogP contribution is 2.27. The number of aryl methyl sites for hydroxylation is 2. The van der Waals surface area contributed by atoms with Crippen molar-refractivity contribution in [2.24, 2.45) is 5.92 Å². The van der Waals surface area contributed by atoms with Crippen LogP contribution in [0.1, 0.15) is 30.2 Å². The molecule has 1 saturated heterocycles. The highest BCUT2D eigenvalue weighted by atomic mass is 15.3. The van der Waals surface area contributed by atoms with Crippen LogP contribution in [-0.4, -0.2) is 32.7 Å². The minimum absolute atomic E-state index is 0.438. The molecule has 3 rings (SSSR count). The van der Waals surface area contributed by atoms with E-state index in [1.165, 1.54) is 0 Å². The van der Waals surface area contributed by atoms with Gasteiger partial charge in [0.15, 0.2) is 5.65 Å². The van der Waals surface area contributed by atoms with Crippen molar-refractivity contribution >= 4 is 5.65 Å².